The van der Waals surface area contributed by atoms with Crippen LogP contribution in [0.3, 0.4) is 0 Å². The van der Waals surface area contributed by atoms with Crippen molar-refractivity contribution in [2.75, 3.05) is 5.32 Å². The van der Waals surface area contributed by atoms with E-state index < -0.39 is 18.0 Å². The molecule has 2 amide bonds. The molecule has 5 nitrogen and oxygen atoms in total. The number of rotatable bonds is 4. The normalized spacial score (nSPS) is 12.1. The Morgan fingerprint density at radius 1 is 1.37 bits per heavy atom. The van der Waals surface area contributed by atoms with Gasteiger partial charge in [-0.15, -0.1) is 11.3 Å². The summed E-state index contributed by atoms with van der Waals surface area (Å²) in [6.07, 6.45) is 0.340. The van der Waals surface area contributed by atoms with Crippen molar-refractivity contribution in [3.8, 4) is 0 Å². The minimum absolute atomic E-state index is 0.340. The second-order valence-electron chi connectivity index (χ2n) is 4.07. The van der Waals surface area contributed by atoms with Crippen LogP contribution in [-0.4, -0.2) is 23.1 Å². The van der Waals surface area contributed by atoms with Gasteiger partial charge in [-0.3, -0.25) is 0 Å². The number of aliphatic carboxylic acids is 1. The number of urea groups is 1. The summed E-state index contributed by atoms with van der Waals surface area (Å²) in [6.45, 7) is 1.70. The molecule has 0 saturated heterocycles. The lowest BCUT2D eigenvalue weighted by Crippen LogP contribution is -2.42. The highest BCUT2D eigenvalue weighted by molar-refractivity contribution is 7.17. The molecule has 6 heteroatoms. The topological polar surface area (TPSA) is 78.4 Å². The smallest absolute Gasteiger partial charge is 0.326 e. The monoisotopic (exact) mass is 278 g/mol. The number of carbonyl (C=O) groups excluding carboxylic acids is 1. The predicted molar refractivity (Wildman–Crippen MR) is 75.7 cm³/mol. The number of anilines is 1. The van der Waals surface area contributed by atoms with Crippen molar-refractivity contribution >= 4 is 39.1 Å². The standard InChI is InChI=1S/C13H14N2O3S/c1-2-10(12(16)17)15-13(18)14-9-3-4-11-8(7-9)5-6-19-11/h3-7,10H,2H2,1H3,(H,16,17)(H2,14,15,18)/t10-/m0/s1. The summed E-state index contributed by atoms with van der Waals surface area (Å²) in [5.74, 6) is -1.04. The third kappa shape index (κ3) is 3.23. The molecule has 19 heavy (non-hydrogen) atoms. The fourth-order valence-corrected chi connectivity index (χ4v) is 2.48. The Balaban J connectivity index is 2.03. The van der Waals surface area contributed by atoms with Crippen LogP contribution in [0.15, 0.2) is 29.6 Å². The van der Waals surface area contributed by atoms with Gasteiger partial charge in [0.05, 0.1) is 0 Å². The molecule has 2 aromatic rings. The molecular weight excluding hydrogens is 264 g/mol. The van der Waals surface area contributed by atoms with E-state index in [0.29, 0.717) is 12.1 Å². The zero-order valence-corrected chi connectivity index (χ0v) is 11.2. The van der Waals surface area contributed by atoms with Crippen molar-refractivity contribution in [3.63, 3.8) is 0 Å². The van der Waals surface area contributed by atoms with Crippen LogP contribution in [0.4, 0.5) is 10.5 Å². The Hall–Kier alpha value is -2.08. The van der Waals surface area contributed by atoms with Crippen LogP contribution in [-0.2, 0) is 4.79 Å². The van der Waals surface area contributed by atoms with Crippen LogP contribution < -0.4 is 10.6 Å². The third-order valence-electron chi connectivity index (χ3n) is 2.72. The second kappa shape index (κ2) is 5.71. The van der Waals surface area contributed by atoms with E-state index in [9.17, 15) is 9.59 Å². The summed E-state index contributed by atoms with van der Waals surface area (Å²) in [4.78, 5) is 22.5. The van der Waals surface area contributed by atoms with E-state index in [1.54, 1.807) is 24.3 Å². The summed E-state index contributed by atoms with van der Waals surface area (Å²) in [6, 6.07) is 6.15. The zero-order valence-electron chi connectivity index (χ0n) is 10.3. The quantitative estimate of drug-likeness (QED) is 0.804. The van der Waals surface area contributed by atoms with E-state index in [2.05, 4.69) is 10.6 Å². The molecule has 1 heterocycles. The molecule has 3 N–H and O–H groups in total. The number of hydrogen-bond donors (Lipinski definition) is 3. The van der Waals surface area contributed by atoms with Crippen LogP contribution in [0.5, 0.6) is 0 Å². The van der Waals surface area contributed by atoms with Crippen LogP contribution >= 0.6 is 11.3 Å². The third-order valence-corrected chi connectivity index (χ3v) is 3.62. The first-order valence-electron chi connectivity index (χ1n) is 5.87. The van der Waals surface area contributed by atoms with Crippen LogP contribution in [0, 0.1) is 0 Å². The highest BCUT2D eigenvalue weighted by Crippen LogP contribution is 2.23. The SMILES string of the molecule is CC[C@H](NC(=O)Nc1ccc2sccc2c1)C(=O)O. The molecule has 0 aliphatic rings. The Bertz CT molecular complexity index is 609. The number of hydrogen-bond acceptors (Lipinski definition) is 3. The summed E-state index contributed by atoms with van der Waals surface area (Å²) in [5, 5.41) is 16.9. The van der Waals surface area contributed by atoms with Gasteiger partial charge < -0.3 is 15.7 Å². The van der Waals surface area contributed by atoms with Gasteiger partial charge in [-0.1, -0.05) is 6.92 Å². The average Bonchev–Trinajstić information content (AvgIpc) is 2.82. The molecule has 0 bridgehead atoms. The van der Waals surface area contributed by atoms with Crippen LogP contribution in [0.1, 0.15) is 13.3 Å². The van der Waals surface area contributed by atoms with E-state index in [4.69, 9.17) is 5.11 Å². The molecular formula is C13H14N2O3S. The zero-order chi connectivity index (χ0) is 13.8. The molecule has 0 aliphatic heterocycles. The Kier molecular flexibility index (Phi) is 4.01. The molecule has 1 atom stereocenters. The van der Waals surface area contributed by atoms with Gasteiger partial charge >= 0.3 is 12.0 Å². The average molecular weight is 278 g/mol. The lowest BCUT2D eigenvalue weighted by Gasteiger charge is -2.13. The first-order chi connectivity index (χ1) is 9.10. The lowest BCUT2D eigenvalue weighted by molar-refractivity contribution is -0.139. The Labute approximate surface area is 114 Å². The number of nitrogens with one attached hydrogen (secondary N) is 2. The molecule has 100 valence electrons. The maximum Gasteiger partial charge on any atom is 0.326 e. The number of thiophene rings is 1. The molecule has 0 radical (unpaired) electrons. The largest absolute Gasteiger partial charge is 0.480 e. The molecule has 1 aromatic heterocycles. The van der Waals surface area contributed by atoms with Gasteiger partial charge in [-0.25, -0.2) is 9.59 Å². The number of carboxylic acids is 1. The van der Waals surface area contributed by atoms with E-state index in [0.717, 1.165) is 10.1 Å². The Morgan fingerprint density at radius 3 is 2.84 bits per heavy atom. The maximum atomic E-state index is 11.7. The van der Waals surface area contributed by atoms with Gasteiger partial charge in [0.2, 0.25) is 0 Å². The lowest BCUT2D eigenvalue weighted by atomic mass is 10.2. The first kappa shape index (κ1) is 13.4. The molecule has 1 aromatic carbocycles. The fourth-order valence-electron chi connectivity index (χ4n) is 1.71. The maximum absolute atomic E-state index is 11.7. The van der Waals surface area contributed by atoms with Crippen molar-refractivity contribution in [1.82, 2.24) is 5.32 Å². The van der Waals surface area contributed by atoms with Gasteiger partial charge in [-0.2, -0.15) is 0 Å². The molecule has 0 fully saturated rings. The first-order valence-corrected chi connectivity index (χ1v) is 6.75. The van der Waals surface area contributed by atoms with E-state index in [1.165, 1.54) is 0 Å². The van der Waals surface area contributed by atoms with Crippen molar-refractivity contribution < 1.29 is 14.7 Å². The molecule has 0 unspecified atom stereocenters. The highest BCUT2D eigenvalue weighted by Gasteiger charge is 2.17. The van der Waals surface area contributed by atoms with E-state index in [1.807, 2.05) is 23.6 Å². The van der Waals surface area contributed by atoms with Crippen molar-refractivity contribution in [1.29, 1.82) is 0 Å². The van der Waals surface area contributed by atoms with Gasteiger partial charge in [-0.05, 0) is 41.5 Å². The minimum atomic E-state index is -1.04. The predicted octanol–water partition coefficient (Wildman–Crippen LogP) is 2.89. The fraction of sp³-hybridized carbons (Fsp3) is 0.231. The van der Waals surface area contributed by atoms with Crippen LogP contribution in [0.2, 0.25) is 0 Å². The number of carboxylic acid groups (broad SMARTS) is 1. The van der Waals surface area contributed by atoms with Gasteiger partial charge in [0.25, 0.3) is 0 Å². The Morgan fingerprint density at radius 2 is 2.16 bits per heavy atom. The molecule has 0 aliphatic carbocycles. The summed E-state index contributed by atoms with van der Waals surface area (Å²) in [5.41, 5.74) is 0.642. The van der Waals surface area contributed by atoms with E-state index >= 15 is 0 Å². The second-order valence-corrected chi connectivity index (χ2v) is 5.02. The van der Waals surface area contributed by atoms with E-state index in [-0.39, 0.29) is 0 Å². The van der Waals surface area contributed by atoms with Crippen molar-refractivity contribution in [3.05, 3.63) is 29.6 Å². The summed E-state index contributed by atoms with van der Waals surface area (Å²) >= 11 is 1.63. The summed E-state index contributed by atoms with van der Waals surface area (Å²) in [7, 11) is 0. The number of fused-ring (bicyclic) bond motifs is 1. The minimum Gasteiger partial charge on any atom is -0.480 e. The van der Waals surface area contributed by atoms with Crippen molar-refractivity contribution in [2.45, 2.75) is 19.4 Å². The number of carbonyl (C=O) groups is 2. The van der Waals surface area contributed by atoms with Gasteiger partial charge in [0.1, 0.15) is 6.04 Å². The highest BCUT2D eigenvalue weighted by atomic mass is 32.1. The van der Waals surface area contributed by atoms with Gasteiger partial charge in [0.15, 0.2) is 0 Å². The van der Waals surface area contributed by atoms with Crippen molar-refractivity contribution in [2.24, 2.45) is 0 Å². The molecule has 0 spiro atoms. The van der Waals surface area contributed by atoms with Gasteiger partial charge in [0, 0.05) is 10.4 Å². The van der Waals surface area contributed by atoms with Crippen LogP contribution in [0.25, 0.3) is 10.1 Å². The molecule has 0 saturated carbocycles. The number of benzene rings is 1. The summed E-state index contributed by atoms with van der Waals surface area (Å²) < 4.78 is 1.14. The molecule has 2 rings (SSSR count). The number of amides is 2.